The molecule has 0 saturated carbocycles. The summed E-state index contributed by atoms with van der Waals surface area (Å²) < 4.78 is 17.1. The van der Waals surface area contributed by atoms with Gasteiger partial charge in [0, 0.05) is 12.0 Å². The topological polar surface area (TPSA) is 27.7 Å². The van der Waals surface area contributed by atoms with Crippen molar-refractivity contribution in [1.29, 1.82) is 0 Å². The first-order valence-corrected chi connectivity index (χ1v) is 8.23. The number of hydrogen-bond donors (Lipinski definition) is 0. The molecule has 0 bridgehead atoms. The molecule has 0 radical (unpaired) electrons. The van der Waals surface area contributed by atoms with E-state index >= 15 is 0 Å². The van der Waals surface area contributed by atoms with Gasteiger partial charge in [-0.1, -0.05) is 17.2 Å². The zero-order chi connectivity index (χ0) is 17.2. The Morgan fingerprint density at radius 1 is 1.09 bits per heavy atom. The summed E-state index contributed by atoms with van der Waals surface area (Å²) in [6, 6.07) is 4.02. The van der Waals surface area contributed by atoms with Gasteiger partial charge in [-0.2, -0.15) is 0 Å². The van der Waals surface area contributed by atoms with Crippen LogP contribution in [0.15, 0.2) is 23.3 Å². The van der Waals surface area contributed by atoms with Crippen LogP contribution in [0.2, 0.25) is 0 Å². The van der Waals surface area contributed by atoms with Gasteiger partial charge in [-0.3, -0.25) is 0 Å². The van der Waals surface area contributed by atoms with Gasteiger partial charge < -0.3 is 18.7 Å². The van der Waals surface area contributed by atoms with Crippen molar-refractivity contribution in [2.45, 2.75) is 32.3 Å². The second-order valence-corrected chi connectivity index (χ2v) is 6.86. The summed E-state index contributed by atoms with van der Waals surface area (Å²) in [7, 11) is 7.10. The molecule has 0 saturated heterocycles. The van der Waals surface area contributed by atoms with E-state index < -0.39 is 0 Å². The highest BCUT2D eigenvalue weighted by molar-refractivity contribution is 6.21. The Bertz CT molecular complexity index is 589. The van der Waals surface area contributed by atoms with Gasteiger partial charge in [0.25, 0.3) is 0 Å². The molecular weight excluding hydrogens is 314 g/mol. The molecule has 5 heteroatoms. The Balaban J connectivity index is 2.37. The van der Waals surface area contributed by atoms with Gasteiger partial charge in [0.1, 0.15) is 6.54 Å². The maximum absolute atomic E-state index is 6.75. The molecule has 2 atom stereocenters. The molecule has 1 aromatic carbocycles. The molecule has 0 amide bonds. The molecule has 0 fully saturated rings. The predicted octanol–water partition coefficient (Wildman–Crippen LogP) is 3.96. The number of alkyl halides is 1. The quantitative estimate of drug-likeness (QED) is 0.351. The van der Waals surface area contributed by atoms with E-state index in [4.69, 9.17) is 25.8 Å². The number of halogens is 1. The molecule has 2 rings (SSSR count). The fraction of sp³-hybridized carbons (Fsp3) is 0.556. The minimum absolute atomic E-state index is 0.0113. The summed E-state index contributed by atoms with van der Waals surface area (Å²) in [5.41, 5.74) is 3.81. The van der Waals surface area contributed by atoms with Crippen LogP contribution in [0, 0.1) is 0 Å². The Morgan fingerprint density at radius 3 is 2.13 bits per heavy atom. The van der Waals surface area contributed by atoms with Crippen LogP contribution in [0.3, 0.4) is 0 Å². The van der Waals surface area contributed by atoms with Crippen molar-refractivity contribution >= 4 is 11.6 Å². The lowest BCUT2D eigenvalue weighted by molar-refractivity contribution is -0.930. The van der Waals surface area contributed by atoms with Crippen molar-refractivity contribution in [3.05, 3.63) is 28.8 Å². The lowest BCUT2D eigenvalue weighted by Gasteiger charge is -2.42. The molecule has 1 aliphatic rings. The molecule has 1 aliphatic heterocycles. The maximum Gasteiger partial charge on any atom is 0.203 e. The van der Waals surface area contributed by atoms with Gasteiger partial charge in [0.15, 0.2) is 17.0 Å². The van der Waals surface area contributed by atoms with Gasteiger partial charge in [-0.15, -0.1) is 0 Å². The molecule has 2 unspecified atom stereocenters. The highest BCUT2D eigenvalue weighted by Gasteiger charge is 2.37. The van der Waals surface area contributed by atoms with E-state index in [9.17, 15) is 0 Å². The number of ether oxygens (including phenoxy) is 3. The van der Waals surface area contributed by atoms with E-state index in [2.05, 4.69) is 20.9 Å². The summed E-state index contributed by atoms with van der Waals surface area (Å²) in [4.78, 5) is 0. The van der Waals surface area contributed by atoms with E-state index in [1.807, 2.05) is 12.1 Å². The van der Waals surface area contributed by atoms with Gasteiger partial charge in [-0.25, -0.2) is 0 Å². The smallest absolute Gasteiger partial charge is 0.203 e. The van der Waals surface area contributed by atoms with Crippen molar-refractivity contribution in [1.82, 2.24) is 0 Å². The summed E-state index contributed by atoms with van der Waals surface area (Å²) in [5, 5.41) is 0. The molecule has 128 valence electrons. The third-order valence-corrected chi connectivity index (χ3v) is 5.64. The van der Waals surface area contributed by atoms with E-state index in [1.54, 1.807) is 21.3 Å². The number of benzene rings is 1. The largest absolute Gasteiger partial charge is 0.493 e. The average Bonchev–Trinajstić information content (AvgIpc) is 2.55. The van der Waals surface area contributed by atoms with Crippen LogP contribution >= 0.6 is 11.6 Å². The Hall–Kier alpha value is -1.39. The van der Waals surface area contributed by atoms with Crippen LogP contribution in [0.1, 0.15) is 25.8 Å². The molecule has 0 spiro atoms. The first-order valence-electron chi connectivity index (χ1n) is 7.79. The summed E-state index contributed by atoms with van der Waals surface area (Å²) in [6.07, 6.45) is 1.08. The predicted molar refractivity (Wildman–Crippen MR) is 93.5 cm³/mol. The van der Waals surface area contributed by atoms with Gasteiger partial charge in [-0.05, 0) is 31.6 Å². The zero-order valence-corrected chi connectivity index (χ0v) is 15.7. The standard InChI is InChI=1S/C18H27ClNO3/c1-12-7-8-20(3,18(19)13(12)2)11-14-9-15(21-4)17(23-6)16(10-14)22-5/h9-10,18H,7-8,11H2,1-6H3/q+1. The van der Waals surface area contributed by atoms with E-state index in [1.165, 1.54) is 11.1 Å². The Kier molecular flexibility index (Phi) is 5.48. The zero-order valence-electron chi connectivity index (χ0n) is 14.9. The minimum atomic E-state index is -0.0113. The second-order valence-electron chi connectivity index (χ2n) is 6.44. The van der Waals surface area contributed by atoms with E-state index in [-0.39, 0.29) is 5.50 Å². The third kappa shape index (κ3) is 3.43. The Labute approximate surface area is 144 Å². The highest BCUT2D eigenvalue weighted by atomic mass is 35.5. The number of likely N-dealkylation sites (N-methyl/N-ethyl adjacent to an activating group) is 1. The SMILES string of the molecule is COc1cc(C[N+]2(C)CCC(C)=C(C)C2Cl)cc(OC)c1OC. The van der Waals surface area contributed by atoms with Crippen LogP contribution in [0.5, 0.6) is 17.2 Å². The average molecular weight is 341 g/mol. The summed E-state index contributed by atoms with van der Waals surface area (Å²) >= 11 is 6.75. The van der Waals surface area contributed by atoms with Crippen LogP contribution in [0.4, 0.5) is 0 Å². The van der Waals surface area contributed by atoms with Crippen LogP contribution in [-0.2, 0) is 6.54 Å². The lowest BCUT2D eigenvalue weighted by Crippen LogP contribution is -2.52. The molecule has 23 heavy (non-hydrogen) atoms. The first kappa shape index (κ1) is 18.0. The number of quaternary nitrogens is 1. The van der Waals surface area contributed by atoms with Crippen molar-refractivity contribution in [3.63, 3.8) is 0 Å². The van der Waals surface area contributed by atoms with Crippen LogP contribution in [-0.4, -0.2) is 44.9 Å². The minimum Gasteiger partial charge on any atom is -0.493 e. The normalized spacial score (nSPS) is 24.6. The van der Waals surface area contributed by atoms with Gasteiger partial charge in [0.2, 0.25) is 5.75 Å². The fourth-order valence-corrected chi connectivity index (χ4v) is 3.56. The first-order chi connectivity index (χ1) is 10.9. The molecule has 1 aromatic rings. The second kappa shape index (κ2) is 7.02. The number of nitrogens with zero attached hydrogens (tertiary/aromatic N) is 1. The van der Waals surface area contributed by atoms with E-state index in [0.717, 1.165) is 29.6 Å². The fourth-order valence-electron chi connectivity index (χ4n) is 3.21. The van der Waals surface area contributed by atoms with E-state index in [0.29, 0.717) is 17.2 Å². The number of rotatable bonds is 5. The van der Waals surface area contributed by atoms with Crippen LogP contribution in [0.25, 0.3) is 0 Å². The highest BCUT2D eigenvalue weighted by Crippen LogP contribution is 2.40. The van der Waals surface area contributed by atoms with Gasteiger partial charge in [0.05, 0.1) is 34.9 Å². The van der Waals surface area contributed by atoms with Crippen molar-refractivity contribution in [3.8, 4) is 17.2 Å². The maximum atomic E-state index is 6.75. The van der Waals surface area contributed by atoms with Gasteiger partial charge >= 0.3 is 0 Å². The Morgan fingerprint density at radius 2 is 1.65 bits per heavy atom. The lowest BCUT2D eigenvalue weighted by atomic mass is 9.99. The molecule has 4 nitrogen and oxygen atoms in total. The molecule has 1 heterocycles. The third-order valence-electron chi connectivity index (χ3n) is 4.84. The van der Waals surface area contributed by atoms with Crippen molar-refractivity contribution < 1.29 is 18.7 Å². The summed E-state index contributed by atoms with van der Waals surface area (Å²) in [5.74, 6) is 1.98. The summed E-state index contributed by atoms with van der Waals surface area (Å²) in [6.45, 7) is 6.15. The molecule has 0 aromatic heterocycles. The molecule has 0 N–H and O–H groups in total. The van der Waals surface area contributed by atoms with Crippen molar-refractivity contribution in [2.24, 2.45) is 0 Å². The van der Waals surface area contributed by atoms with Crippen molar-refractivity contribution in [2.75, 3.05) is 34.9 Å². The number of hydrogen-bond acceptors (Lipinski definition) is 3. The monoisotopic (exact) mass is 340 g/mol. The molecule has 0 aliphatic carbocycles. The van der Waals surface area contributed by atoms with Crippen LogP contribution < -0.4 is 14.2 Å². The molecular formula is C18H27ClNO3+. The number of methoxy groups -OCH3 is 3.